The summed E-state index contributed by atoms with van der Waals surface area (Å²) in [6.45, 7) is 18.0. The highest BCUT2D eigenvalue weighted by atomic mass is 32.2. The van der Waals surface area contributed by atoms with Crippen LogP contribution in [0.15, 0.2) is 29.2 Å². The Kier molecular flexibility index (Phi) is 21.9. The molecule has 20 heteroatoms. The van der Waals surface area contributed by atoms with Crippen LogP contribution in [0.1, 0.15) is 114 Å². The Morgan fingerprint density at radius 3 is 2.11 bits per heavy atom. The molecule has 1 aromatic rings. The molecular weight excluding hydrogens is 945 g/mol. The lowest BCUT2D eigenvalue weighted by Crippen LogP contribution is -2.61. The van der Waals surface area contributed by atoms with Crippen LogP contribution in [0.4, 0.5) is 0 Å². The van der Waals surface area contributed by atoms with Gasteiger partial charge >= 0.3 is 5.97 Å². The second kappa shape index (κ2) is 25.6. The molecular formula is C51H86N2O17S. The van der Waals surface area contributed by atoms with Crippen molar-refractivity contribution in [3.05, 3.63) is 24.3 Å². The van der Waals surface area contributed by atoms with Crippen LogP contribution in [0.2, 0.25) is 0 Å². The van der Waals surface area contributed by atoms with Gasteiger partial charge in [0.25, 0.3) is 0 Å². The Morgan fingerprint density at radius 2 is 1.52 bits per heavy atom. The number of sulfone groups is 1. The van der Waals surface area contributed by atoms with Crippen molar-refractivity contribution in [2.24, 2.45) is 23.7 Å². The number of amides is 1. The van der Waals surface area contributed by atoms with E-state index in [1.165, 1.54) is 40.2 Å². The smallest absolute Gasteiger partial charge is 0.311 e. The minimum Gasteiger partial charge on any atom is -0.494 e. The Balaban J connectivity index is 1.57. The van der Waals surface area contributed by atoms with Crippen LogP contribution in [-0.4, -0.2) is 183 Å². The summed E-state index contributed by atoms with van der Waals surface area (Å²) in [5.41, 5.74) is -4.45. The van der Waals surface area contributed by atoms with E-state index in [4.69, 9.17) is 37.9 Å². The monoisotopic (exact) mass is 1030 g/mol. The minimum absolute atomic E-state index is 0.0437. The summed E-state index contributed by atoms with van der Waals surface area (Å²) in [6, 6.07) is 5.68. The number of ketones is 1. The van der Waals surface area contributed by atoms with Gasteiger partial charge in [-0.1, -0.05) is 27.7 Å². The molecule has 71 heavy (non-hydrogen) atoms. The van der Waals surface area contributed by atoms with Crippen LogP contribution >= 0.6 is 0 Å². The highest BCUT2D eigenvalue weighted by molar-refractivity contribution is 7.90. The van der Waals surface area contributed by atoms with Gasteiger partial charge in [-0.15, -0.1) is 0 Å². The zero-order valence-corrected chi connectivity index (χ0v) is 45.3. The highest BCUT2D eigenvalue weighted by Gasteiger charge is 2.54. The number of ether oxygens (including phenoxy) is 8. The molecule has 4 rings (SSSR count). The van der Waals surface area contributed by atoms with Crippen molar-refractivity contribution in [1.82, 2.24) is 10.2 Å². The van der Waals surface area contributed by atoms with Gasteiger partial charge in [-0.3, -0.25) is 14.4 Å². The summed E-state index contributed by atoms with van der Waals surface area (Å²) in [5, 5.41) is 49.5. The number of Topliss-reactive ketones (excluding diaryl/α,β-unsaturated/α-hetero) is 1. The largest absolute Gasteiger partial charge is 0.494 e. The van der Waals surface area contributed by atoms with Gasteiger partial charge in [0.05, 0.1) is 59.1 Å². The third-order valence-electron chi connectivity index (χ3n) is 15.3. The number of methoxy groups -OCH3 is 2. The van der Waals surface area contributed by atoms with Gasteiger partial charge in [0.2, 0.25) is 5.91 Å². The molecule has 408 valence electrons. The fourth-order valence-electron chi connectivity index (χ4n) is 10.5. The van der Waals surface area contributed by atoms with Crippen molar-refractivity contribution in [1.29, 1.82) is 0 Å². The lowest BCUT2D eigenvalue weighted by molar-refractivity contribution is -0.319. The predicted octanol–water partition coefficient (Wildman–Crippen LogP) is 3.58. The van der Waals surface area contributed by atoms with E-state index in [2.05, 4.69) is 5.32 Å². The van der Waals surface area contributed by atoms with Crippen molar-refractivity contribution in [2.75, 3.05) is 47.2 Å². The zero-order chi connectivity index (χ0) is 53.4. The van der Waals surface area contributed by atoms with Gasteiger partial charge < -0.3 is 68.5 Å². The molecule has 0 bridgehead atoms. The molecule has 19 nitrogen and oxygen atoms in total. The molecule has 0 unspecified atom stereocenters. The molecule has 0 saturated carbocycles. The summed E-state index contributed by atoms with van der Waals surface area (Å²) in [6.07, 6.45) is -7.52. The summed E-state index contributed by atoms with van der Waals surface area (Å²) < 4.78 is 73.6. The van der Waals surface area contributed by atoms with E-state index < -0.39 is 124 Å². The standard InChI is InChI=1S/C51H86N2O17S/c1-15-38-51(10,60)44(57)31(4)41(55)29(2)27-50(9,64-13)46(32(5)43(33(6)47(59)68-38)69-40-28-49(8,63-12)45(58)34(7)67-40)70-48-42(56)37(26-30(3)66-48)53(11)24-16-18-39(54)52-23-17-25-65-35-19-21-36(22-20-35)71(14,61)62/h19-22,29-34,37-38,40,42-46,48,56-58,60H,15-18,23-28H2,1-14H3,(H,52,54)/t29-,30-,31+,32+,33-,34+,37+,38-,40+,42-,43+,44-,45+,46-,48-,49-,50-,51-/m1/s1. The number of hydrogen-bond acceptors (Lipinski definition) is 18. The maximum Gasteiger partial charge on any atom is 0.311 e. The van der Waals surface area contributed by atoms with Crippen LogP contribution in [0.5, 0.6) is 5.75 Å². The third-order valence-corrected chi connectivity index (χ3v) is 16.4. The summed E-state index contributed by atoms with van der Waals surface area (Å²) in [7, 11) is 1.52. The second-order valence-corrected chi connectivity index (χ2v) is 23.1. The summed E-state index contributed by atoms with van der Waals surface area (Å²) in [4.78, 5) is 43.6. The molecule has 3 saturated heterocycles. The lowest BCUT2D eigenvalue weighted by Gasteiger charge is -2.50. The highest BCUT2D eigenvalue weighted by Crippen LogP contribution is 2.42. The zero-order valence-electron chi connectivity index (χ0n) is 44.5. The maximum atomic E-state index is 14.4. The number of benzene rings is 1. The number of carbonyl (C=O) groups is 3. The molecule has 0 radical (unpaired) electrons. The molecule has 3 fully saturated rings. The van der Waals surface area contributed by atoms with Crippen molar-refractivity contribution >= 4 is 27.5 Å². The van der Waals surface area contributed by atoms with Crippen LogP contribution in [0.3, 0.4) is 0 Å². The van der Waals surface area contributed by atoms with Crippen molar-refractivity contribution in [3.63, 3.8) is 0 Å². The quantitative estimate of drug-likeness (QED) is 0.104. The van der Waals surface area contributed by atoms with Gasteiger partial charge in [0.1, 0.15) is 35.4 Å². The van der Waals surface area contributed by atoms with Crippen LogP contribution in [-0.2, 0) is 57.4 Å². The number of nitrogens with one attached hydrogen (secondary N) is 1. The topological polar surface area (TPSA) is 255 Å². The number of aliphatic hydroxyl groups excluding tert-OH is 3. The summed E-state index contributed by atoms with van der Waals surface area (Å²) >= 11 is 0. The van der Waals surface area contributed by atoms with E-state index >= 15 is 0 Å². The van der Waals surface area contributed by atoms with Gasteiger partial charge in [-0.05, 0) is 112 Å². The normalized spacial score (nSPS) is 39.1. The average molecular weight is 1030 g/mol. The van der Waals surface area contributed by atoms with Crippen LogP contribution < -0.4 is 10.1 Å². The maximum absolute atomic E-state index is 14.4. The van der Waals surface area contributed by atoms with Gasteiger partial charge in [-0.25, -0.2) is 8.42 Å². The second-order valence-electron chi connectivity index (χ2n) is 21.0. The number of rotatable bonds is 18. The van der Waals surface area contributed by atoms with E-state index in [1.54, 1.807) is 53.7 Å². The number of likely N-dealkylation sites (N-methyl/N-ethyl adjacent to an activating group) is 1. The molecule has 5 N–H and O–H groups in total. The number of hydrogen-bond donors (Lipinski definition) is 5. The first-order valence-corrected chi connectivity index (χ1v) is 27.1. The lowest BCUT2D eigenvalue weighted by atomic mass is 9.74. The average Bonchev–Trinajstić information content (AvgIpc) is 3.32. The number of cyclic esters (lactones) is 1. The van der Waals surface area contributed by atoms with Crippen molar-refractivity contribution in [3.8, 4) is 5.75 Å². The first-order chi connectivity index (χ1) is 33.0. The fourth-order valence-corrected chi connectivity index (χ4v) is 11.2. The van der Waals surface area contributed by atoms with E-state index in [1.807, 2.05) is 25.8 Å². The van der Waals surface area contributed by atoms with E-state index in [9.17, 15) is 43.2 Å². The third kappa shape index (κ3) is 15.1. The summed E-state index contributed by atoms with van der Waals surface area (Å²) in [5.74, 6) is -4.46. The van der Waals surface area contributed by atoms with Gasteiger partial charge in [-0.2, -0.15) is 0 Å². The van der Waals surface area contributed by atoms with E-state index in [0.717, 1.165) is 6.26 Å². The molecule has 0 aromatic heterocycles. The SMILES string of the molecule is CC[C@H]1OC(=O)[C@H](C)[C@@H](O[C@H]2C[C@@](C)(OC)[C@@H](O)[C@H](C)O2)[C@H](C)[C@@H](O[C@H]2O[C@H](C)C[C@H](N(C)CCCC(=O)NCCCOc3ccc(S(C)(=O)=O)cc3)[C@H]2O)[C@](C)(OC)C[C@@H](C)C(=O)[C@H](C)[C@@H](O)[C@]1(C)O. The van der Waals surface area contributed by atoms with Gasteiger partial charge in [0, 0.05) is 63.7 Å². The molecule has 18 atom stereocenters. The molecule has 0 spiro atoms. The van der Waals surface area contributed by atoms with Gasteiger partial charge in [0.15, 0.2) is 22.4 Å². The fraction of sp³-hybridized carbons (Fsp3) is 0.824. The molecule has 1 aromatic carbocycles. The Morgan fingerprint density at radius 1 is 0.887 bits per heavy atom. The molecule has 3 aliphatic rings. The van der Waals surface area contributed by atoms with E-state index in [-0.39, 0.29) is 42.3 Å². The van der Waals surface area contributed by atoms with Crippen molar-refractivity contribution < 1.29 is 81.1 Å². The number of carbonyl (C=O) groups excluding carboxylic acids is 3. The Labute approximate surface area is 421 Å². The molecule has 3 heterocycles. The van der Waals surface area contributed by atoms with E-state index in [0.29, 0.717) is 44.7 Å². The van der Waals surface area contributed by atoms with Crippen LogP contribution in [0, 0.1) is 23.7 Å². The van der Waals surface area contributed by atoms with Crippen LogP contribution in [0.25, 0.3) is 0 Å². The number of aliphatic hydroxyl groups is 4. The molecule has 0 aliphatic carbocycles. The first-order valence-electron chi connectivity index (χ1n) is 25.2. The van der Waals surface area contributed by atoms with Crippen molar-refractivity contribution in [2.45, 2.75) is 203 Å². The molecule has 1 amide bonds. The first kappa shape index (κ1) is 60.7. The number of nitrogens with zero attached hydrogens (tertiary/aromatic N) is 1. The number of esters is 1. The predicted molar refractivity (Wildman–Crippen MR) is 262 cm³/mol. The molecule has 3 aliphatic heterocycles. The Hall–Kier alpha value is -2.86. The minimum atomic E-state index is -3.31. The Bertz CT molecular complexity index is 1990.